The number of benzene rings is 2. The van der Waals surface area contributed by atoms with Gasteiger partial charge in [0.15, 0.2) is 5.78 Å². The summed E-state index contributed by atoms with van der Waals surface area (Å²) in [5, 5.41) is 3.82. The zero-order valence-corrected chi connectivity index (χ0v) is 14.4. The molecular weight excluding hydrogens is 340 g/mol. The summed E-state index contributed by atoms with van der Waals surface area (Å²) in [6.07, 6.45) is 1.49. The van der Waals surface area contributed by atoms with Gasteiger partial charge in [0.05, 0.1) is 11.1 Å². The number of aromatic nitrogens is 1. The van der Waals surface area contributed by atoms with Crippen LogP contribution >= 0.6 is 11.6 Å². The summed E-state index contributed by atoms with van der Waals surface area (Å²) < 4.78 is 1.41. The molecular formula is C19H15ClN2O3. The Morgan fingerprint density at radius 1 is 1.04 bits per heavy atom. The Morgan fingerprint density at radius 2 is 1.80 bits per heavy atom. The number of carbonyl (C=O) groups excluding carboxylic acids is 3. The van der Waals surface area contributed by atoms with Crippen molar-refractivity contribution in [1.82, 2.24) is 4.57 Å². The number of carbonyl (C=O) groups is 3. The van der Waals surface area contributed by atoms with Crippen molar-refractivity contribution >= 4 is 45.8 Å². The van der Waals surface area contributed by atoms with E-state index in [0.29, 0.717) is 32.7 Å². The largest absolute Gasteiger partial charge is 0.322 e. The van der Waals surface area contributed by atoms with E-state index < -0.39 is 0 Å². The standard InChI is InChI=1S/C19H15ClN2O3/c1-11(23)13-4-3-5-15(8-13)21-19(25)17-10-22(12(2)24)18-7-6-14(20)9-16(17)18/h3-10H,1-2H3,(H,21,25). The lowest BCUT2D eigenvalue weighted by atomic mass is 10.1. The normalized spacial score (nSPS) is 10.7. The van der Waals surface area contributed by atoms with Gasteiger partial charge in [-0.05, 0) is 37.3 Å². The Labute approximate surface area is 149 Å². The maximum Gasteiger partial charge on any atom is 0.257 e. The van der Waals surface area contributed by atoms with Gasteiger partial charge in [0.1, 0.15) is 0 Å². The lowest BCUT2D eigenvalue weighted by molar-refractivity contribution is 0.0940. The van der Waals surface area contributed by atoms with Crippen molar-refractivity contribution < 1.29 is 14.4 Å². The smallest absolute Gasteiger partial charge is 0.257 e. The van der Waals surface area contributed by atoms with Gasteiger partial charge in [0, 0.05) is 34.8 Å². The number of rotatable bonds is 3. The van der Waals surface area contributed by atoms with Gasteiger partial charge in [-0.3, -0.25) is 19.0 Å². The van der Waals surface area contributed by atoms with E-state index in [1.807, 2.05) is 0 Å². The molecule has 0 fully saturated rings. The highest BCUT2D eigenvalue weighted by molar-refractivity contribution is 6.31. The lowest BCUT2D eigenvalue weighted by Crippen LogP contribution is -2.12. The van der Waals surface area contributed by atoms with E-state index in [0.717, 1.165) is 0 Å². The van der Waals surface area contributed by atoms with Crippen molar-refractivity contribution in [2.75, 3.05) is 5.32 Å². The number of nitrogens with one attached hydrogen (secondary N) is 1. The first-order valence-corrected chi connectivity index (χ1v) is 7.98. The van der Waals surface area contributed by atoms with Crippen LogP contribution in [0, 0.1) is 0 Å². The number of fused-ring (bicyclic) bond motifs is 1. The highest BCUT2D eigenvalue weighted by atomic mass is 35.5. The maximum absolute atomic E-state index is 12.7. The van der Waals surface area contributed by atoms with Gasteiger partial charge in [0.25, 0.3) is 5.91 Å². The fourth-order valence-electron chi connectivity index (χ4n) is 2.66. The van der Waals surface area contributed by atoms with Crippen LogP contribution < -0.4 is 5.32 Å². The molecule has 0 unspecified atom stereocenters. The predicted molar refractivity (Wildman–Crippen MR) is 97.6 cm³/mol. The number of Topliss-reactive ketones (excluding diaryl/α,β-unsaturated/α-hetero) is 1. The summed E-state index contributed by atoms with van der Waals surface area (Å²) in [4.78, 5) is 36.0. The molecule has 1 N–H and O–H groups in total. The fourth-order valence-corrected chi connectivity index (χ4v) is 2.83. The van der Waals surface area contributed by atoms with Crippen LogP contribution in [0.25, 0.3) is 10.9 Å². The third kappa shape index (κ3) is 3.32. The van der Waals surface area contributed by atoms with Crippen LogP contribution in [0.3, 0.4) is 0 Å². The number of hydrogen-bond donors (Lipinski definition) is 1. The summed E-state index contributed by atoms with van der Waals surface area (Å²) in [5.41, 5.74) is 1.95. The Hall–Kier alpha value is -2.92. The number of hydrogen-bond acceptors (Lipinski definition) is 3. The van der Waals surface area contributed by atoms with Crippen molar-refractivity contribution in [3.63, 3.8) is 0 Å². The molecule has 0 saturated heterocycles. The molecule has 6 heteroatoms. The summed E-state index contributed by atoms with van der Waals surface area (Å²) in [7, 11) is 0. The van der Waals surface area contributed by atoms with Crippen LogP contribution in [0.4, 0.5) is 5.69 Å². The topological polar surface area (TPSA) is 68.2 Å². The van der Waals surface area contributed by atoms with E-state index >= 15 is 0 Å². The second kappa shape index (κ2) is 6.53. The third-order valence-electron chi connectivity index (χ3n) is 3.88. The van der Waals surface area contributed by atoms with E-state index in [9.17, 15) is 14.4 Å². The van der Waals surface area contributed by atoms with E-state index in [1.54, 1.807) is 42.5 Å². The number of ketones is 1. The van der Waals surface area contributed by atoms with Crippen molar-refractivity contribution in [3.05, 3.63) is 64.8 Å². The zero-order chi connectivity index (χ0) is 18.1. The monoisotopic (exact) mass is 354 g/mol. The van der Waals surface area contributed by atoms with Crippen molar-refractivity contribution in [2.24, 2.45) is 0 Å². The number of halogens is 1. The molecule has 3 aromatic rings. The second-order valence-corrected chi connectivity index (χ2v) is 6.12. The summed E-state index contributed by atoms with van der Waals surface area (Å²) in [6, 6.07) is 11.7. The van der Waals surface area contributed by atoms with Gasteiger partial charge in [-0.2, -0.15) is 0 Å². The molecule has 0 bridgehead atoms. The van der Waals surface area contributed by atoms with Crippen LogP contribution in [-0.2, 0) is 0 Å². The Morgan fingerprint density at radius 3 is 2.48 bits per heavy atom. The molecule has 25 heavy (non-hydrogen) atoms. The predicted octanol–water partition coefficient (Wildman–Crippen LogP) is 4.41. The van der Waals surface area contributed by atoms with E-state index in [4.69, 9.17) is 11.6 Å². The van der Waals surface area contributed by atoms with E-state index in [1.165, 1.54) is 24.6 Å². The number of nitrogens with zero attached hydrogens (tertiary/aromatic N) is 1. The molecule has 1 aromatic heterocycles. The number of amides is 1. The van der Waals surface area contributed by atoms with Gasteiger partial charge >= 0.3 is 0 Å². The van der Waals surface area contributed by atoms with Gasteiger partial charge in [-0.1, -0.05) is 23.7 Å². The molecule has 0 spiro atoms. The SMILES string of the molecule is CC(=O)c1cccc(NC(=O)c2cn(C(C)=O)c3ccc(Cl)cc23)c1. The van der Waals surface area contributed by atoms with Gasteiger partial charge in [0.2, 0.25) is 5.91 Å². The first-order chi connectivity index (χ1) is 11.9. The maximum atomic E-state index is 12.7. The molecule has 126 valence electrons. The first-order valence-electron chi connectivity index (χ1n) is 7.60. The van der Waals surface area contributed by atoms with Crippen LogP contribution in [0.2, 0.25) is 5.02 Å². The molecule has 0 aliphatic heterocycles. The van der Waals surface area contributed by atoms with Crippen LogP contribution in [0.15, 0.2) is 48.7 Å². The molecule has 0 radical (unpaired) electrons. The summed E-state index contributed by atoms with van der Waals surface area (Å²) >= 11 is 6.04. The minimum absolute atomic E-state index is 0.0870. The van der Waals surface area contributed by atoms with Gasteiger partial charge in [-0.15, -0.1) is 0 Å². The highest BCUT2D eigenvalue weighted by Gasteiger charge is 2.17. The van der Waals surface area contributed by atoms with E-state index in [2.05, 4.69) is 5.32 Å². The van der Waals surface area contributed by atoms with Crippen LogP contribution in [0.5, 0.6) is 0 Å². The molecule has 0 saturated carbocycles. The average Bonchev–Trinajstić information content (AvgIpc) is 2.94. The molecule has 0 aliphatic rings. The fraction of sp³-hybridized carbons (Fsp3) is 0.105. The average molecular weight is 355 g/mol. The lowest BCUT2D eigenvalue weighted by Gasteiger charge is -2.06. The van der Waals surface area contributed by atoms with Crippen molar-refractivity contribution in [2.45, 2.75) is 13.8 Å². The zero-order valence-electron chi connectivity index (χ0n) is 13.7. The minimum Gasteiger partial charge on any atom is -0.322 e. The molecule has 2 aromatic carbocycles. The van der Waals surface area contributed by atoms with Gasteiger partial charge in [-0.25, -0.2) is 0 Å². The minimum atomic E-state index is -0.382. The van der Waals surface area contributed by atoms with E-state index in [-0.39, 0.29) is 17.6 Å². The summed E-state index contributed by atoms with van der Waals surface area (Å²) in [6.45, 7) is 2.88. The molecule has 0 atom stereocenters. The van der Waals surface area contributed by atoms with Crippen LogP contribution in [0.1, 0.15) is 39.4 Å². The highest BCUT2D eigenvalue weighted by Crippen LogP contribution is 2.26. The first kappa shape index (κ1) is 16.9. The quantitative estimate of drug-likeness (QED) is 0.708. The third-order valence-corrected chi connectivity index (χ3v) is 4.11. The molecule has 1 amide bonds. The molecule has 0 aliphatic carbocycles. The second-order valence-electron chi connectivity index (χ2n) is 5.68. The van der Waals surface area contributed by atoms with Gasteiger partial charge < -0.3 is 5.32 Å². The Balaban J connectivity index is 2.02. The Bertz CT molecular complexity index is 1020. The van der Waals surface area contributed by atoms with Crippen molar-refractivity contribution in [3.8, 4) is 0 Å². The molecule has 5 nitrogen and oxygen atoms in total. The number of anilines is 1. The Kier molecular flexibility index (Phi) is 4.42. The van der Waals surface area contributed by atoms with Crippen LogP contribution in [-0.4, -0.2) is 22.2 Å². The van der Waals surface area contributed by atoms with Crippen molar-refractivity contribution in [1.29, 1.82) is 0 Å². The molecule has 1 heterocycles. The molecule has 3 rings (SSSR count). The summed E-state index contributed by atoms with van der Waals surface area (Å²) in [5.74, 6) is -0.672.